The molecule has 0 saturated carbocycles. The van der Waals surface area contributed by atoms with Gasteiger partial charge in [-0.05, 0) is 18.6 Å². The number of para-hydroxylation sites is 1. The average Bonchev–Trinajstić information content (AvgIpc) is 3.06. The molecule has 1 heterocycles. The Kier molecular flexibility index (Phi) is 9.24. The van der Waals surface area contributed by atoms with Gasteiger partial charge >= 0.3 is 0 Å². The third-order valence-corrected chi connectivity index (χ3v) is 4.83. The first-order chi connectivity index (χ1) is 12.3. The molecule has 0 radical (unpaired) electrons. The van der Waals surface area contributed by atoms with Gasteiger partial charge in [0.2, 0.25) is 5.91 Å². The van der Waals surface area contributed by atoms with Crippen molar-refractivity contribution in [3.05, 3.63) is 24.3 Å². The number of unbranched alkanes of at least 4 members (excludes halogenated alkanes) is 11. The van der Waals surface area contributed by atoms with Crippen molar-refractivity contribution < 1.29 is 4.79 Å². The molecule has 4 heteroatoms. The Morgan fingerprint density at radius 2 is 1.40 bits per heavy atom. The highest BCUT2D eigenvalue weighted by atomic mass is 16.2. The molecule has 0 N–H and O–H groups in total. The minimum atomic E-state index is 0.0563. The first-order valence-electron chi connectivity index (χ1n) is 10.2. The lowest BCUT2D eigenvalue weighted by molar-refractivity contribution is 0.0886. The van der Waals surface area contributed by atoms with Crippen LogP contribution in [0.1, 0.15) is 95.2 Å². The van der Waals surface area contributed by atoms with E-state index in [0.29, 0.717) is 6.42 Å². The molecule has 0 aliphatic heterocycles. The normalized spacial score (nSPS) is 11.2. The van der Waals surface area contributed by atoms with Gasteiger partial charge in [0.15, 0.2) is 0 Å². The zero-order valence-electron chi connectivity index (χ0n) is 15.8. The lowest BCUT2D eigenvalue weighted by atomic mass is 10.0. The van der Waals surface area contributed by atoms with E-state index in [-0.39, 0.29) is 5.91 Å². The third kappa shape index (κ3) is 6.97. The summed E-state index contributed by atoms with van der Waals surface area (Å²) < 4.78 is 1.45. The van der Waals surface area contributed by atoms with E-state index in [0.717, 1.165) is 23.9 Å². The van der Waals surface area contributed by atoms with E-state index in [1.165, 1.54) is 68.9 Å². The summed E-state index contributed by atoms with van der Waals surface area (Å²) in [5.74, 6) is 0.0563. The van der Waals surface area contributed by atoms with E-state index in [4.69, 9.17) is 0 Å². The van der Waals surface area contributed by atoms with Crippen molar-refractivity contribution >= 4 is 16.9 Å². The lowest BCUT2D eigenvalue weighted by Gasteiger charge is -2.03. The van der Waals surface area contributed by atoms with Gasteiger partial charge in [0.1, 0.15) is 5.52 Å². The summed E-state index contributed by atoms with van der Waals surface area (Å²) in [7, 11) is 0. The van der Waals surface area contributed by atoms with Crippen LogP contribution in [0.3, 0.4) is 0 Å². The van der Waals surface area contributed by atoms with Gasteiger partial charge < -0.3 is 0 Å². The van der Waals surface area contributed by atoms with Crippen LogP contribution in [-0.4, -0.2) is 20.9 Å². The molecule has 0 unspecified atom stereocenters. The molecule has 0 amide bonds. The van der Waals surface area contributed by atoms with Gasteiger partial charge in [-0.25, -0.2) is 0 Å². The monoisotopic (exact) mass is 343 g/mol. The van der Waals surface area contributed by atoms with Crippen LogP contribution in [0.15, 0.2) is 24.3 Å². The van der Waals surface area contributed by atoms with Crippen LogP contribution in [0, 0.1) is 0 Å². The molecule has 0 atom stereocenters. The van der Waals surface area contributed by atoms with Gasteiger partial charge in [-0.15, -0.1) is 5.10 Å². The fourth-order valence-electron chi connectivity index (χ4n) is 3.28. The highest BCUT2D eigenvalue weighted by molar-refractivity contribution is 5.88. The Hall–Kier alpha value is -1.71. The molecule has 4 nitrogen and oxygen atoms in total. The highest BCUT2D eigenvalue weighted by Crippen LogP contribution is 2.14. The van der Waals surface area contributed by atoms with Gasteiger partial charge in [-0.1, -0.05) is 94.9 Å². The van der Waals surface area contributed by atoms with Crippen molar-refractivity contribution in [2.45, 2.75) is 90.4 Å². The first kappa shape index (κ1) is 19.6. The van der Waals surface area contributed by atoms with Crippen molar-refractivity contribution in [3.8, 4) is 0 Å². The number of fused-ring (bicyclic) bond motifs is 1. The zero-order chi connectivity index (χ0) is 17.7. The standard InChI is InChI=1S/C21H33N3O/c1-2-3-4-5-6-7-8-9-10-11-12-13-18-21(25)24-20-17-15-14-16-19(20)22-23-24/h14-17H,2-13,18H2,1H3. The molecule has 0 saturated heterocycles. The second-order valence-corrected chi connectivity index (χ2v) is 7.02. The molecule has 25 heavy (non-hydrogen) atoms. The topological polar surface area (TPSA) is 47.8 Å². The second kappa shape index (κ2) is 11.8. The number of carbonyl (C=O) groups is 1. The molecule has 0 aliphatic rings. The molecule has 1 aromatic carbocycles. The predicted octanol–water partition coefficient (Wildman–Crippen LogP) is 6.16. The number of rotatable bonds is 13. The molecule has 0 aliphatic carbocycles. The largest absolute Gasteiger partial charge is 0.273 e. The van der Waals surface area contributed by atoms with Crippen LogP contribution in [0.4, 0.5) is 0 Å². The van der Waals surface area contributed by atoms with Crippen LogP contribution >= 0.6 is 0 Å². The predicted molar refractivity (Wildman–Crippen MR) is 104 cm³/mol. The van der Waals surface area contributed by atoms with Gasteiger partial charge in [0.05, 0.1) is 5.52 Å². The van der Waals surface area contributed by atoms with Crippen molar-refractivity contribution in [1.82, 2.24) is 15.0 Å². The van der Waals surface area contributed by atoms with Crippen LogP contribution < -0.4 is 0 Å². The van der Waals surface area contributed by atoms with Crippen LogP contribution in [0.25, 0.3) is 11.0 Å². The summed E-state index contributed by atoms with van der Waals surface area (Å²) in [4.78, 5) is 12.3. The summed E-state index contributed by atoms with van der Waals surface area (Å²) in [5.41, 5.74) is 1.59. The molecular formula is C21H33N3O. The Bertz CT molecular complexity index is 620. The minimum Gasteiger partial charge on any atom is -0.273 e. The number of nitrogens with zero attached hydrogens (tertiary/aromatic N) is 3. The third-order valence-electron chi connectivity index (χ3n) is 4.83. The fraction of sp³-hybridized carbons (Fsp3) is 0.667. The quantitative estimate of drug-likeness (QED) is 0.409. The molecule has 1 aromatic heterocycles. The lowest BCUT2D eigenvalue weighted by Crippen LogP contribution is -2.12. The Balaban J connectivity index is 1.49. The maximum atomic E-state index is 12.3. The summed E-state index contributed by atoms with van der Waals surface area (Å²) in [6, 6.07) is 7.61. The molecule has 0 bridgehead atoms. The SMILES string of the molecule is CCCCCCCCCCCCCCC(=O)n1nnc2ccccc21. The van der Waals surface area contributed by atoms with Gasteiger partial charge in [0.25, 0.3) is 0 Å². The van der Waals surface area contributed by atoms with Crippen LogP contribution in [0.2, 0.25) is 0 Å². The number of benzene rings is 1. The van der Waals surface area contributed by atoms with Gasteiger partial charge in [-0.3, -0.25) is 4.79 Å². The number of hydrogen-bond donors (Lipinski definition) is 0. The smallest absolute Gasteiger partial charge is 0.248 e. The van der Waals surface area contributed by atoms with Crippen LogP contribution in [0.5, 0.6) is 0 Å². The highest BCUT2D eigenvalue weighted by Gasteiger charge is 2.10. The summed E-state index contributed by atoms with van der Waals surface area (Å²) >= 11 is 0. The van der Waals surface area contributed by atoms with Gasteiger partial charge in [-0.2, -0.15) is 4.68 Å². The number of carbonyl (C=O) groups excluding carboxylic acids is 1. The van der Waals surface area contributed by atoms with Crippen LogP contribution in [-0.2, 0) is 0 Å². The van der Waals surface area contributed by atoms with E-state index in [2.05, 4.69) is 17.2 Å². The maximum absolute atomic E-state index is 12.3. The first-order valence-corrected chi connectivity index (χ1v) is 10.2. The average molecular weight is 344 g/mol. The van der Waals surface area contributed by atoms with E-state index in [1.807, 2.05) is 24.3 Å². The summed E-state index contributed by atoms with van der Waals surface area (Å²) in [5, 5.41) is 8.03. The second-order valence-electron chi connectivity index (χ2n) is 7.02. The van der Waals surface area contributed by atoms with Crippen molar-refractivity contribution in [3.63, 3.8) is 0 Å². The fourth-order valence-corrected chi connectivity index (χ4v) is 3.28. The molecule has 0 fully saturated rings. The van der Waals surface area contributed by atoms with E-state index < -0.39 is 0 Å². The summed E-state index contributed by atoms with van der Waals surface area (Å²) in [6.45, 7) is 2.27. The maximum Gasteiger partial charge on any atom is 0.248 e. The minimum absolute atomic E-state index is 0.0563. The molecule has 2 aromatic rings. The zero-order valence-corrected chi connectivity index (χ0v) is 15.8. The molecule has 138 valence electrons. The molecule has 2 rings (SSSR count). The van der Waals surface area contributed by atoms with Gasteiger partial charge in [0, 0.05) is 6.42 Å². The van der Waals surface area contributed by atoms with Crippen molar-refractivity contribution in [1.29, 1.82) is 0 Å². The molecule has 0 spiro atoms. The Morgan fingerprint density at radius 3 is 2.04 bits per heavy atom. The Morgan fingerprint density at radius 1 is 0.840 bits per heavy atom. The van der Waals surface area contributed by atoms with E-state index in [1.54, 1.807) is 0 Å². The summed E-state index contributed by atoms with van der Waals surface area (Å²) in [6.07, 6.45) is 16.2. The van der Waals surface area contributed by atoms with E-state index >= 15 is 0 Å². The van der Waals surface area contributed by atoms with Crippen molar-refractivity contribution in [2.24, 2.45) is 0 Å². The van der Waals surface area contributed by atoms with Crippen molar-refractivity contribution in [2.75, 3.05) is 0 Å². The number of aromatic nitrogens is 3. The number of hydrogen-bond acceptors (Lipinski definition) is 3. The Labute approximate surface area is 152 Å². The molecular weight excluding hydrogens is 310 g/mol. The van der Waals surface area contributed by atoms with E-state index in [9.17, 15) is 4.79 Å².